The molecule has 1 aromatic carbocycles. The highest BCUT2D eigenvalue weighted by Crippen LogP contribution is 2.41. The van der Waals surface area contributed by atoms with Crippen molar-refractivity contribution in [3.63, 3.8) is 0 Å². The lowest BCUT2D eigenvalue weighted by Crippen LogP contribution is -2.26. The van der Waals surface area contributed by atoms with Crippen molar-refractivity contribution in [1.29, 1.82) is 0 Å². The fraction of sp³-hybridized carbons (Fsp3) is 0.600. The third kappa shape index (κ3) is 2.43. The zero-order valence-electron chi connectivity index (χ0n) is 10.9. The van der Waals surface area contributed by atoms with Gasteiger partial charge in [-0.15, -0.1) is 0 Å². The van der Waals surface area contributed by atoms with Crippen molar-refractivity contribution >= 4 is 11.6 Å². The van der Waals surface area contributed by atoms with Crippen LogP contribution in [0.3, 0.4) is 0 Å². The minimum Gasteiger partial charge on any atom is -0.0840 e. The van der Waals surface area contributed by atoms with Crippen molar-refractivity contribution in [3.8, 4) is 0 Å². The summed E-state index contributed by atoms with van der Waals surface area (Å²) in [5.74, 6) is 0. The summed E-state index contributed by atoms with van der Waals surface area (Å²) >= 11 is 6.23. The summed E-state index contributed by atoms with van der Waals surface area (Å²) in [4.78, 5) is 0. The first-order valence-electron chi connectivity index (χ1n) is 6.45. The molecule has 1 aliphatic carbocycles. The molecule has 0 bridgehead atoms. The summed E-state index contributed by atoms with van der Waals surface area (Å²) in [5.41, 5.74) is 3.24. The molecule has 0 nitrogen and oxygen atoms in total. The second-order valence-corrected chi connectivity index (χ2v) is 4.94. The fourth-order valence-electron chi connectivity index (χ4n) is 2.54. The first-order valence-corrected chi connectivity index (χ1v) is 6.83. The Labute approximate surface area is 105 Å². The molecule has 0 amide bonds. The van der Waals surface area contributed by atoms with E-state index in [1.807, 2.05) is 19.9 Å². The Morgan fingerprint density at radius 1 is 1.31 bits per heavy atom. The van der Waals surface area contributed by atoms with Gasteiger partial charge < -0.3 is 0 Å². The van der Waals surface area contributed by atoms with E-state index in [4.69, 9.17) is 11.6 Å². The average Bonchev–Trinajstić information content (AvgIpc) is 2.33. The summed E-state index contributed by atoms with van der Waals surface area (Å²) in [5, 5.41) is 0.960. The molecule has 1 atom stereocenters. The molecule has 0 radical (unpaired) electrons. The van der Waals surface area contributed by atoms with Gasteiger partial charge in [0.15, 0.2) is 0 Å². The van der Waals surface area contributed by atoms with Gasteiger partial charge in [-0.05, 0) is 48.3 Å². The molecular formula is C15H23Cl. The highest BCUT2D eigenvalue weighted by Gasteiger charge is 2.30. The maximum absolute atomic E-state index is 6.23. The molecule has 0 heterocycles. The molecule has 1 aliphatic rings. The second kappa shape index (κ2) is 5.72. The number of rotatable bonds is 1. The van der Waals surface area contributed by atoms with Crippen molar-refractivity contribution in [2.24, 2.45) is 0 Å². The summed E-state index contributed by atoms with van der Waals surface area (Å²) in [6, 6.07) is 6.35. The fourth-order valence-corrected chi connectivity index (χ4v) is 2.80. The zero-order chi connectivity index (χ0) is 12.2. The van der Waals surface area contributed by atoms with E-state index in [1.54, 1.807) is 0 Å². The molecule has 0 spiro atoms. The Bertz CT molecular complexity index is 343. The van der Waals surface area contributed by atoms with Crippen LogP contribution in [0.4, 0.5) is 0 Å². The van der Waals surface area contributed by atoms with Gasteiger partial charge in [0.2, 0.25) is 0 Å². The van der Waals surface area contributed by atoms with Gasteiger partial charge in [-0.25, -0.2) is 0 Å². The molecule has 90 valence electrons. The van der Waals surface area contributed by atoms with E-state index < -0.39 is 0 Å². The second-order valence-electron chi connectivity index (χ2n) is 4.53. The Morgan fingerprint density at radius 3 is 2.62 bits per heavy atom. The molecule has 16 heavy (non-hydrogen) atoms. The maximum Gasteiger partial charge on any atom is 0.0440 e. The lowest BCUT2D eigenvalue weighted by Gasteiger charge is -2.35. The molecule has 0 aromatic heterocycles. The van der Waals surface area contributed by atoms with E-state index in [0.29, 0.717) is 5.41 Å². The lowest BCUT2D eigenvalue weighted by molar-refractivity contribution is 0.381. The predicted molar refractivity (Wildman–Crippen MR) is 73.4 cm³/mol. The highest BCUT2D eigenvalue weighted by atomic mass is 35.5. The van der Waals surface area contributed by atoms with Gasteiger partial charge in [-0.3, -0.25) is 0 Å². The monoisotopic (exact) mass is 238 g/mol. The van der Waals surface area contributed by atoms with Crippen LogP contribution >= 0.6 is 11.6 Å². The van der Waals surface area contributed by atoms with E-state index in [2.05, 4.69) is 26.0 Å². The molecule has 0 saturated heterocycles. The quantitative estimate of drug-likeness (QED) is 0.617. The molecule has 1 unspecified atom stereocenters. The largest absolute Gasteiger partial charge is 0.0840 e. The summed E-state index contributed by atoms with van der Waals surface area (Å²) in [6.45, 7) is 8.64. The molecule has 0 N–H and O–H groups in total. The lowest BCUT2D eigenvalue weighted by atomic mass is 9.70. The van der Waals surface area contributed by atoms with Crippen LogP contribution in [0, 0.1) is 0 Å². The van der Waals surface area contributed by atoms with E-state index in [-0.39, 0.29) is 0 Å². The molecule has 2 rings (SSSR count). The van der Waals surface area contributed by atoms with Crippen molar-refractivity contribution in [2.45, 2.75) is 58.8 Å². The number of halogens is 1. The number of hydrogen-bond acceptors (Lipinski definition) is 0. The molecule has 0 fully saturated rings. The van der Waals surface area contributed by atoms with Crippen LogP contribution in [-0.2, 0) is 11.8 Å². The topological polar surface area (TPSA) is 0 Å². The van der Waals surface area contributed by atoms with Crippen molar-refractivity contribution in [2.75, 3.05) is 0 Å². The minimum atomic E-state index is 0.360. The van der Waals surface area contributed by atoms with Crippen molar-refractivity contribution in [1.82, 2.24) is 0 Å². The highest BCUT2D eigenvalue weighted by molar-refractivity contribution is 6.31. The first-order chi connectivity index (χ1) is 7.67. The van der Waals surface area contributed by atoms with Crippen LogP contribution in [0.2, 0.25) is 5.02 Å². The van der Waals surface area contributed by atoms with Crippen molar-refractivity contribution in [3.05, 3.63) is 34.3 Å². The summed E-state index contributed by atoms with van der Waals surface area (Å²) in [7, 11) is 0. The maximum atomic E-state index is 6.23. The van der Waals surface area contributed by atoms with Crippen LogP contribution < -0.4 is 0 Å². The van der Waals surface area contributed by atoms with Gasteiger partial charge in [-0.2, -0.15) is 0 Å². The van der Waals surface area contributed by atoms with Crippen LogP contribution in [0.25, 0.3) is 0 Å². The van der Waals surface area contributed by atoms with Crippen molar-refractivity contribution < 1.29 is 0 Å². The normalized spacial score (nSPS) is 23.1. The number of hydrogen-bond donors (Lipinski definition) is 0. The Morgan fingerprint density at radius 2 is 2.00 bits per heavy atom. The van der Waals surface area contributed by atoms with Gasteiger partial charge in [0.25, 0.3) is 0 Å². The standard InChI is InChI=1S/C13H17Cl.C2H6/c1-3-13(2)9-5-6-10-11(13)7-4-8-12(10)14;1-2/h4,7-8H,3,5-6,9H2,1-2H3;1-2H3. The molecule has 0 saturated carbocycles. The number of fused-ring (bicyclic) bond motifs is 1. The van der Waals surface area contributed by atoms with Gasteiger partial charge in [0.1, 0.15) is 0 Å². The molecule has 0 aliphatic heterocycles. The first kappa shape index (κ1) is 13.6. The average molecular weight is 239 g/mol. The number of benzene rings is 1. The Balaban J connectivity index is 0.000000606. The molecular weight excluding hydrogens is 216 g/mol. The smallest absolute Gasteiger partial charge is 0.0440 e. The van der Waals surface area contributed by atoms with Gasteiger partial charge in [0.05, 0.1) is 0 Å². The van der Waals surface area contributed by atoms with Crippen LogP contribution in [0.15, 0.2) is 18.2 Å². The summed E-state index contributed by atoms with van der Waals surface area (Å²) < 4.78 is 0. The van der Waals surface area contributed by atoms with E-state index >= 15 is 0 Å². The Kier molecular flexibility index (Phi) is 4.86. The van der Waals surface area contributed by atoms with Crippen LogP contribution in [0.5, 0.6) is 0 Å². The van der Waals surface area contributed by atoms with Crippen LogP contribution in [0.1, 0.15) is 58.1 Å². The molecule has 1 aromatic rings. The van der Waals surface area contributed by atoms with E-state index in [9.17, 15) is 0 Å². The zero-order valence-corrected chi connectivity index (χ0v) is 11.7. The van der Waals surface area contributed by atoms with Gasteiger partial charge >= 0.3 is 0 Å². The van der Waals surface area contributed by atoms with Gasteiger partial charge in [-0.1, -0.05) is 51.4 Å². The van der Waals surface area contributed by atoms with E-state index in [0.717, 1.165) is 11.4 Å². The Hall–Kier alpha value is -0.490. The van der Waals surface area contributed by atoms with Gasteiger partial charge in [0, 0.05) is 5.02 Å². The van der Waals surface area contributed by atoms with E-state index in [1.165, 1.54) is 30.4 Å². The molecule has 1 heteroatoms. The third-order valence-corrected chi connectivity index (χ3v) is 4.06. The SMILES string of the molecule is CC.CCC1(C)CCCc2c(Cl)cccc21. The third-order valence-electron chi connectivity index (χ3n) is 3.70. The minimum absolute atomic E-state index is 0.360. The van der Waals surface area contributed by atoms with Crippen LogP contribution in [-0.4, -0.2) is 0 Å². The summed E-state index contributed by atoms with van der Waals surface area (Å²) in [6.07, 6.45) is 4.95. The predicted octanol–water partition coefficient (Wildman–Crippen LogP) is 5.37.